The van der Waals surface area contributed by atoms with Crippen molar-refractivity contribution in [1.82, 2.24) is 5.32 Å². The van der Waals surface area contributed by atoms with E-state index in [1.165, 1.54) is 5.56 Å². The summed E-state index contributed by atoms with van der Waals surface area (Å²) in [5.41, 5.74) is 3.40. The number of nitrogens with one attached hydrogen (secondary N) is 1. The van der Waals surface area contributed by atoms with Crippen LogP contribution in [-0.2, 0) is 0 Å². The van der Waals surface area contributed by atoms with E-state index in [9.17, 15) is 5.11 Å². The van der Waals surface area contributed by atoms with E-state index in [1.807, 2.05) is 50.2 Å². The summed E-state index contributed by atoms with van der Waals surface area (Å²) >= 11 is 0. The van der Waals surface area contributed by atoms with Crippen molar-refractivity contribution in [2.45, 2.75) is 32.9 Å². The number of aliphatic hydroxyl groups is 1. The molecule has 0 amide bonds. The predicted octanol–water partition coefficient (Wildman–Crippen LogP) is 0.398. The Morgan fingerprint density at radius 3 is 2.22 bits per heavy atom. The summed E-state index contributed by atoms with van der Waals surface area (Å²) in [7, 11) is 0. The van der Waals surface area contributed by atoms with Gasteiger partial charge in [-0.15, -0.1) is 0 Å². The number of ether oxygens (including phenoxy) is 1. The number of aryl methyl sites for hydroxylation is 2. The van der Waals surface area contributed by atoms with Crippen LogP contribution in [0, 0.1) is 13.8 Å². The van der Waals surface area contributed by atoms with Gasteiger partial charge in [0.1, 0.15) is 18.5 Å². The van der Waals surface area contributed by atoms with Gasteiger partial charge in [-0.3, -0.25) is 0 Å². The van der Waals surface area contributed by atoms with Crippen LogP contribution in [0.4, 0.5) is 0 Å². The Morgan fingerprint density at radius 1 is 1.00 bits per heavy atom. The van der Waals surface area contributed by atoms with Gasteiger partial charge in [-0.05, 0) is 37.5 Å². The van der Waals surface area contributed by atoms with Gasteiger partial charge in [-0.2, -0.15) is 0 Å². The summed E-state index contributed by atoms with van der Waals surface area (Å²) in [6, 6.07) is 16.5. The summed E-state index contributed by atoms with van der Waals surface area (Å²) < 4.78 is 5.78. The Balaban J connectivity index is 0.00000264. The highest BCUT2D eigenvalue weighted by Gasteiger charge is 2.11. The number of rotatable bonds is 7. The van der Waals surface area contributed by atoms with Crippen molar-refractivity contribution in [3.8, 4) is 5.75 Å². The van der Waals surface area contributed by atoms with E-state index < -0.39 is 6.10 Å². The maximum Gasteiger partial charge on any atom is 0.125 e. The first-order valence-corrected chi connectivity index (χ1v) is 7.73. The van der Waals surface area contributed by atoms with Crippen molar-refractivity contribution < 1.29 is 22.3 Å². The molecule has 0 fully saturated rings. The van der Waals surface area contributed by atoms with E-state index >= 15 is 0 Å². The Bertz CT molecular complexity index is 569. The van der Waals surface area contributed by atoms with Crippen molar-refractivity contribution in [2.24, 2.45) is 0 Å². The third kappa shape index (κ3) is 5.87. The van der Waals surface area contributed by atoms with Crippen LogP contribution in [0.15, 0.2) is 48.5 Å². The molecule has 0 aliphatic heterocycles. The maximum atomic E-state index is 10.1. The van der Waals surface area contributed by atoms with E-state index in [1.54, 1.807) is 0 Å². The van der Waals surface area contributed by atoms with Gasteiger partial charge >= 0.3 is 0 Å². The fourth-order valence-electron chi connectivity index (χ4n) is 2.44. The van der Waals surface area contributed by atoms with Crippen molar-refractivity contribution in [3.63, 3.8) is 0 Å². The molecule has 3 nitrogen and oxygen atoms in total. The molecule has 2 N–H and O–H groups in total. The standard InChI is InChI=1S/C19H25NO2.ClH/c1-14-8-7-9-15(2)19(14)22-13-18(21)12-20-16(3)17-10-5-4-6-11-17;/h4-11,16,18,20-21H,12-13H2,1-3H3;1H/p-1. The zero-order valence-corrected chi connectivity index (χ0v) is 14.7. The molecule has 0 aliphatic rings. The molecule has 0 saturated heterocycles. The lowest BCUT2D eigenvalue weighted by Crippen LogP contribution is -3.00. The fourth-order valence-corrected chi connectivity index (χ4v) is 2.44. The van der Waals surface area contributed by atoms with Crippen LogP contribution in [0.5, 0.6) is 5.75 Å². The lowest BCUT2D eigenvalue weighted by atomic mass is 10.1. The molecular formula is C19H25ClNO2-. The Morgan fingerprint density at radius 2 is 1.61 bits per heavy atom. The third-order valence-corrected chi connectivity index (χ3v) is 3.79. The van der Waals surface area contributed by atoms with Crippen molar-refractivity contribution >= 4 is 0 Å². The Kier molecular flexibility index (Phi) is 8.10. The van der Waals surface area contributed by atoms with Gasteiger partial charge in [0.15, 0.2) is 0 Å². The molecular weight excluding hydrogens is 310 g/mol. The van der Waals surface area contributed by atoms with Crippen LogP contribution in [0.3, 0.4) is 0 Å². The van der Waals surface area contributed by atoms with Gasteiger partial charge in [0.05, 0.1) is 0 Å². The van der Waals surface area contributed by atoms with Gasteiger partial charge in [0.25, 0.3) is 0 Å². The molecule has 2 aromatic carbocycles. The van der Waals surface area contributed by atoms with E-state index in [0.29, 0.717) is 13.2 Å². The number of aliphatic hydroxyl groups excluding tert-OH is 1. The molecule has 23 heavy (non-hydrogen) atoms. The van der Waals surface area contributed by atoms with Crippen LogP contribution >= 0.6 is 0 Å². The van der Waals surface area contributed by atoms with Crippen molar-refractivity contribution in [3.05, 3.63) is 65.2 Å². The molecule has 0 spiro atoms. The largest absolute Gasteiger partial charge is 1.00 e. The molecule has 4 heteroatoms. The normalized spacial score (nSPS) is 13.0. The molecule has 0 heterocycles. The molecule has 0 aliphatic carbocycles. The van der Waals surface area contributed by atoms with E-state index in [-0.39, 0.29) is 18.4 Å². The van der Waals surface area contributed by atoms with Crippen LogP contribution in [0.1, 0.15) is 29.7 Å². The molecule has 2 unspecified atom stereocenters. The highest BCUT2D eigenvalue weighted by molar-refractivity contribution is 5.39. The molecule has 2 aromatic rings. The summed E-state index contributed by atoms with van der Waals surface area (Å²) in [6.07, 6.45) is -0.537. The molecule has 126 valence electrons. The van der Waals surface area contributed by atoms with E-state index in [0.717, 1.165) is 16.9 Å². The van der Waals surface area contributed by atoms with Gasteiger partial charge in [0, 0.05) is 12.6 Å². The molecule has 2 atom stereocenters. The Labute approximate surface area is 145 Å². The first-order chi connectivity index (χ1) is 10.6. The second-order valence-electron chi connectivity index (χ2n) is 5.73. The Hall–Kier alpha value is -1.55. The first-order valence-electron chi connectivity index (χ1n) is 7.73. The zero-order valence-electron chi connectivity index (χ0n) is 13.9. The summed E-state index contributed by atoms with van der Waals surface area (Å²) in [4.78, 5) is 0. The van der Waals surface area contributed by atoms with E-state index in [4.69, 9.17) is 4.74 Å². The van der Waals surface area contributed by atoms with Crippen molar-refractivity contribution in [2.75, 3.05) is 13.2 Å². The summed E-state index contributed by atoms with van der Waals surface area (Å²) in [5, 5.41) is 13.4. The number of benzene rings is 2. The molecule has 0 radical (unpaired) electrons. The van der Waals surface area contributed by atoms with Crippen LogP contribution in [0.25, 0.3) is 0 Å². The molecule has 0 aromatic heterocycles. The van der Waals surface area contributed by atoms with E-state index in [2.05, 4.69) is 24.4 Å². The zero-order chi connectivity index (χ0) is 15.9. The van der Waals surface area contributed by atoms with Gasteiger partial charge in [0.2, 0.25) is 0 Å². The molecule has 0 bridgehead atoms. The third-order valence-electron chi connectivity index (χ3n) is 3.79. The average molecular weight is 335 g/mol. The fraction of sp³-hybridized carbons (Fsp3) is 0.368. The predicted molar refractivity (Wildman–Crippen MR) is 90.3 cm³/mol. The van der Waals surface area contributed by atoms with Crippen molar-refractivity contribution in [1.29, 1.82) is 0 Å². The number of halogens is 1. The molecule has 0 saturated carbocycles. The first kappa shape index (κ1) is 19.5. The monoisotopic (exact) mass is 334 g/mol. The quantitative estimate of drug-likeness (QED) is 0.770. The van der Waals surface area contributed by atoms with Gasteiger partial charge in [-0.25, -0.2) is 0 Å². The van der Waals surface area contributed by atoms with Gasteiger partial charge in [-0.1, -0.05) is 48.5 Å². The smallest absolute Gasteiger partial charge is 0.125 e. The van der Waals surface area contributed by atoms with Crippen LogP contribution in [-0.4, -0.2) is 24.4 Å². The lowest BCUT2D eigenvalue weighted by Gasteiger charge is -2.19. The molecule has 2 rings (SSSR count). The number of para-hydroxylation sites is 1. The van der Waals surface area contributed by atoms with Crippen LogP contribution in [0.2, 0.25) is 0 Å². The highest BCUT2D eigenvalue weighted by Crippen LogP contribution is 2.22. The average Bonchev–Trinajstić information content (AvgIpc) is 2.53. The maximum absolute atomic E-state index is 10.1. The lowest BCUT2D eigenvalue weighted by molar-refractivity contribution is -0.00000649. The summed E-state index contributed by atoms with van der Waals surface area (Å²) in [6.45, 7) is 6.92. The highest BCUT2D eigenvalue weighted by atomic mass is 35.5. The second-order valence-corrected chi connectivity index (χ2v) is 5.73. The topological polar surface area (TPSA) is 41.5 Å². The minimum Gasteiger partial charge on any atom is -1.00 e. The van der Waals surface area contributed by atoms with Gasteiger partial charge < -0.3 is 27.6 Å². The summed E-state index contributed by atoms with van der Waals surface area (Å²) in [5.74, 6) is 0.873. The second kappa shape index (κ2) is 9.56. The number of hydrogen-bond donors (Lipinski definition) is 2. The minimum absolute atomic E-state index is 0. The SMILES string of the molecule is Cc1cccc(C)c1OCC(O)CNC(C)c1ccccc1.[Cl-]. The number of hydrogen-bond acceptors (Lipinski definition) is 3. The van der Waals surface area contributed by atoms with Crippen LogP contribution < -0.4 is 22.5 Å². The minimum atomic E-state index is -0.537.